The number of allylic oxidation sites excluding steroid dienone is 1. The van der Waals surface area contributed by atoms with Gasteiger partial charge in [0.2, 0.25) is 27.7 Å². The topological polar surface area (TPSA) is 192 Å². The van der Waals surface area contributed by atoms with Gasteiger partial charge < -0.3 is 34.5 Å². The first-order valence-corrected chi connectivity index (χ1v) is 24.0. The van der Waals surface area contributed by atoms with Crippen molar-refractivity contribution in [1.29, 1.82) is 0 Å². The van der Waals surface area contributed by atoms with Crippen molar-refractivity contribution in [3.63, 3.8) is 0 Å². The smallest absolute Gasteiger partial charge is 0.408 e. The van der Waals surface area contributed by atoms with Gasteiger partial charge in [-0.15, -0.1) is 0 Å². The second-order valence-electron chi connectivity index (χ2n) is 19.5. The normalized spacial score (nSPS) is 26.8. The lowest BCUT2D eigenvalue weighted by Gasteiger charge is -2.33. The van der Waals surface area contributed by atoms with Gasteiger partial charge in [0.15, 0.2) is 0 Å². The van der Waals surface area contributed by atoms with E-state index in [2.05, 4.69) is 22.3 Å². The van der Waals surface area contributed by atoms with Gasteiger partial charge in [0.1, 0.15) is 52.2 Å². The molecule has 3 aromatic rings. The number of carbonyl (C=O) groups is 4. The van der Waals surface area contributed by atoms with E-state index in [-0.39, 0.29) is 50.1 Å². The number of nitrogens with one attached hydrogen (secondary N) is 3. The Labute approximate surface area is 380 Å². The summed E-state index contributed by atoms with van der Waals surface area (Å²) in [5.41, 5.74) is -1.19. The standard InChI is InChI=1S/C48H62FN5O10S/c1-28(2)62-34-15-13-31(14-16-34)38-23-32-22-35(61-8)17-18-37(32)42(50-38)63-36-24-39-41(55)52-48(44(57)53-65(59,60)47(27-49)19-20-47)25-33(48)12-10-9-11-29(3)21-30(4)40(43(56)54(39)26-36)51-45(58)64-46(5,6)7/h10,12-18,22-23,28-30,33,36,39-40H,9,11,19-21,24-27H2,1-8H3,(H,51,58)(H,52,55)(H,53,57)/t29-,30-,33-,36-,39+,40+,48-/m1/s1. The first kappa shape index (κ1) is 47.5. The molecule has 2 aliphatic carbocycles. The summed E-state index contributed by atoms with van der Waals surface area (Å²) in [5, 5.41) is 7.08. The zero-order valence-electron chi connectivity index (χ0n) is 38.4. The number of sulfonamides is 1. The van der Waals surface area contributed by atoms with E-state index in [1.54, 1.807) is 33.9 Å². The first-order chi connectivity index (χ1) is 30.7. The number of halogens is 1. The Morgan fingerprint density at radius 3 is 2.38 bits per heavy atom. The van der Waals surface area contributed by atoms with Gasteiger partial charge in [-0.05, 0) is 139 Å². The molecular weight excluding hydrogens is 858 g/mol. The molecular formula is C48H62FN5O10S. The minimum absolute atomic E-state index is 0.0134. The summed E-state index contributed by atoms with van der Waals surface area (Å²) in [7, 11) is -2.85. The lowest BCUT2D eigenvalue weighted by atomic mass is 9.88. The van der Waals surface area contributed by atoms with Crippen molar-refractivity contribution >= 4 is 44.6 Å². The van der Waals surface area contributed by atoms with Crippen LogP contribution in [0.25, 0.3) is 22.0 Å². The molecule has 15 nitrogen and oxygen atoms in total. The Morgan fingerprint density at radius 1 is 1.03 bits per heavy atom. The highest BCUT2D eigenvalue weighted by atomic mass is 32.2. The molecule has 352 valence electrons. The van der Waals surface area contributed by atoms with Crippen molar-refractivity contribution in [2.75, 3.05) is 20.3 Å². The number of amides is 4. The zero-order chi connectivity index (χ0) is 47.1. The monoisotopic (exact) mass is 919 g/mol. The summed E-state index contributed by atoms with van der Waals surface area (Å²) < 4.78 is 64.8. The number of carbonyl (C=O) groups excluding carboxylic acids is 4. The third kappa shape index (κ3) is 10.5. The third-order valence-corrected chi connectivity index (χ3v) is 14.9. The summed E-state index contributed by atoms with van der Waals surface area (Å²) in [6.07, 6.45) is 4.15. The molecule has 0 unspecified atom stereocenters. The molecule has 2 aliphatic heterocycles. The Hall–Kier alpha value is -5.45. The second kappa shape index (κ2) is 18.4. The van der Waals surface area contributed by atoms with E-state index in [4.69, 9.17) is 23.9 Å². The number of aromatic nitrogens is 1. The van der Waals surface area contributed by atoms with Crippen LogP contribution >= 0.6 is 0 Å². The van der Waals surface area contributed by atoms with E-state index in [1.165, 1.54) is 4.90 Å². The molecule has 4 amide bonds. The zero-order valence-corrected chi connectivity index (χ0v) is 39.3. The van der Waals surface area contributed by atoms with E-state index in [9.17, 15) is 27.2 Å². The summed E-state index contributed by atoms with van der Waals surface area (Å²) in [6.45, 7) is 11.7. The second-order valence-corrected chi connectivity index (χ2v) is 21.6. The van der Waals surface area contributed by atoms with Gasteiger partial charge >= 0.3 is 6.09 Å². The summed E-state index contributed by atoms with van der Waals surface area (Å²) >= 11 is 0. The molecule has 0 bridgehead atoms. The summed E-state index contributed by atoms with van der Waals surface area (Å²) in [6, 6.07) is 12.5. The SMILES string of the molecule is COc1ccc2c(O[C@@H]3C[C@H]4C(=O)N[C@]5(C(=O)NS(=O)(=O)C6(CF)CC6)C[C@H]5C=CCC[C@@H](C)C[C@@H](C)[C@H](NC(=O)OC(C)(C)C)C(=O)N4C3)nc(-c3ccc(OC(C)C)cc3)cc2c1. The Bertz CT molecular complexity index is 2440. The number of nitrogens with zero attached hydrogens (tertiary/aromatic N) is 2. The van der Waals surface area contributed by atoms with Crippen LogP contribution in [0.5, 0.6) is 17.4 Å². The van der Waals surface area contributed by atoms with Crippen LogP contribution in [0.2, 0.25) is 0 Å². The van der Waals surface area contributed by atoms with Crippen molar-refractivity contribution in [2.24, 2.45) is 17.8 Å². The highest BCUT2D eigenvalue weighted by molar-refractivity contribution is 7.91. The van der Waals surface area contributed by atoms with Crippen molar-refractivity contribution in [3.8, 4) is 28.6 Å². The maximum atomic E-state index is 15.1. The molecule has 0 spiro atoms. The number of ether oxygens (including phenoxy) is 4. The molecule has 3 fully saturated rings. The largest absolute Gasteiger partial charge is 0.497 e. The van der Waals surface area contributed by atoms with E-state index < -0.39 is 86.4 Å². The number of rotatable bonds is 11. The molecule has 3 heterocycles. The van der Waals surface area contributed by atoms with Crippen LogP contribution < -0.4 is 29.6 Å². The van der Waals surface area contributed by atoms with Crippen LogP contribution in [0.15, 0.2) is 60.7 Å². The Morgan fingerprint density at radius 2 is 1.74 bits per heavy atom. The van der Waals surface area contributed by atoms with Crippen LogP contribution in [-0.4, -0.2) is 103 Å². The van der Waals surface area contributed by atoms with Crippen LogP contribution in [-0.2, 0) is 29.1 Å². The number of alkyl carbamates (subject to hydrolysis) is 1. The van der Waals surface area contributed by atoms with Crippen molar-refractivity contribution in [3.05, 3.63) is 60.7 Å². The average molecular weight is 920 g/mol. The molecule has 65 heavy (non-hydrogen) atoms. The molecule has 7 atom stereocenters. The predicted molar refractivity (Wildman–Crippen MR) is 242 cm³/mol. The van der Waals surface area contributed by atoms with Crippen LogP contribution in [0, 0.1) is 17.8 Å². The van der Waals surface area contributed by atoms with Crippen LogP contribution in [0.4, 0.5) is 9.18 Å². The van der Waals surface area contributed by atoms with Gasteiger partial charge in [-0.1, -0.05) is 26.0 Å². The summed E-state index contributed by atoms with van der Waals surface area (Å²) in [5.74, 6) is -1.57. The fourth-order valence-corrected chi connectivity index (χ4v) is 10.3. The van der Waals surface area contributed by atoms with Gasteiger partial charge in [0.05, 0.1) is 25.5 Å². The molecule has 1 saturated heterocycles. The third-order valence-electron chi connectivity index (χ3n) is 12.7. The van der Waals surface area contributed by atoms with E-state index in [0.717, 1.165) is 10.9 Å². The van der Waals surface area contributed by atoms with E-state index in [1.807, 2.05) is 75.4 Å². The van der Waals surface area contributed by atoms with E-state index in [0.29, 0.717) is 41.8 Å². The number of alkyl halides is 1. The molecule has 2 saturated carbocycles. The number of fused-ring (bicyclic) bond motifs is 3. The quantitative estimate of drug-likeness (QED) is 0.172. The molecule has 4 aliphatic rings. The minimum atomic E-state index is -4.42. The fourth-order valence-electron chi connectivity index (χ4n) is 8.89. The molecule has 1 aromatic heterocycles. The van der Waals surface area contributed by atoms with Gasteiger partial charge in [-0.3, -0.25) is 19.1 Å². The number of hydrogen-bond acceptors (Lipinski definition) is 11. The minimum Gasteiger partial charge on any atom is -0.497 e. The molecule has 2 aromatic carbocycles. The van der Waals surface area contributed by atoms with Crippen LogP contribution in [0.3, 0.4) is 0 Å². The van der Waals surface area contributed by atoms with Gasteiger partial charge in [0, 0.05) is 23.3 Å². The number of benzene rings is 2. The fraction of sp³-hybridized carbons (Fsp3) is 0.562. The first-order valence-electron chi connectivity index (χ1n) is 22.5. The van der Waals surface area contributed by atoms with Crippen molar-refractivity contribution in [2.45, 2.75) is 134 Å². The maximum Gasteiger partial charge on any atom is 0.408 e. The number of methoxy groups -OCH3 is 1. The lowest BCUT2D eigenvalue weighted by Crippen LogP contribution is -2.59. The highest BCUT2D eigenvalue weighted by Crippen LogP contribution is 2.48. The average Bonchev–Trinajstić information content (AvgIpc) is 4.14. The molecule has 7 rings (SSSR count). The van der Waals surface area contributed by atoms with Crippen molar-refractivity contribution in [1.82, 2.24) is 25.2 Å². The molecule has 0 radical (unpaired) electrons. The van der Waals surface area contributed by atoms with Gasteiger partial charge in [-0.2, -0.15) is 0 Å². The van der Waals surface area contributed by atoms with Gasteiger partial charge in [0.25, 0.3) is 5.91 Å². The van der Waals surface area contributed by atoms with Gasteiger partial charge in [-0.25, -0.2) is 22.6 Å². The molecule has 3 N–H and O–H groups in total. The highest BCUT2D eigenvalue weighted by Gasteiger charge is 2.64. The van der Waals surface area contributed by atoms with Crippen molar-refractivity contribution < 1.29 is 50.9 Å². The number of pyridine rings is 1. The van der Waals surface area contributed by atoms with E-state index >= 15 is 4.79 Å². The summed E-state index contributed by atoms with van der Waals surface area (Å²) in [4.78, 5) is 63.6. The maximum absolute atomic E-state index is 15.1. The predicted octanol–water partition coefficient (Wildman–Crippen LogP) is 6.77. The molecule has 17 heteroatoms. The Balaban J connectivity index is 1.26. The lowest BCUT2D eigenvalue weighted by molar-refractivity contribution is -0.142. The van der Waals surface area contributed by atoms with Crippen LogP contribution in [0.1, 0.15) is 93.4 Å². The Kier molecular flexibility index (Phi) is 13.5. The number of hydrogen-bond donors (Lipinski definition) is 3.